The summed E-state index contributed by atoms with van der Waals surface area (Å²) in [5.74, 6) is -0.344. The van der Waals surface area contributed by atoms with Crippen LogP contribution in [0.25, 0.3) is 10.9 Å². The first-order valence-corrected chi connectivity index (χ1v) is 9.40. The minimum absolute atomic E-state index is 0.0221. The first-order valence-electron chi connectivity index (χ1n) is 7.81. The molecule has 5 nitrogen and oxygen atoms in total. The van der Waals surface area contributed by atoms with E-state index in [1.165, 1.54) is 11.6 Å². The van der Waals surface area contributed by atoms with Crippen LogP contribution in [0.2, 0.25) is 0 Å². The highest BCUT2D eigenvalue weighted by Gasteiger charge is 2.37. The van der Waals surface area contributed by atoms with Crippen LogP contribution < -0.4 is 5.32 Å². The summed E-state index contributed by atoms with van der Waals surface area (Å²) in [5.41, 5.74) is 0.472. The highest BCUT2D eigenvalue weighted by atomic mass is 79.9. The summed E-state index contributed by atoms with van der Waals surface area (Å²) in [6.07, 6.45) is -2.97. The molecule has 2 heterocycles. The van der Waals surface area contributed by atoms with Gasteiger partial charge in [0.25, 0.3) is 0 Å². The summed E-state index contributed by atoms with van der Waals surface area (Å²) in [4.78, 5) is 16.6. The molecule has 0 aliphatic rings. The Morgan fingerprint density at radius 1 is 1.26 bits per heavy atom. The van der Waals surface area contributed by atoms with Gasteiger partial charge in [0.15, 0.2) is 5.69 Å². The van der Waals surface area contributed by atoms with E-state index in [2.05, 4.69) is 47.3 Å². The van der Waals surface area contributed by atoms with E-state index in [1.54, 1.807) is 24.4 Å². The number of benzene rings is 1. The number of aryl methyl sites for hydroxylation is 1. The van der Waals surface area contributed by atoms with Crippen LogP contribution in [0.4, 0.5) is 18.9 Å². The molecule has 0 fully saturated rings. The van der Waals surface area contributed by atoms with Gasteiger partial charge < -0.3 is 5.32 Å². The van der Waals surface area contributed by atoms with Gasteiger partial charge in [0.05, 0.1) is 27.9 Å². The molecule has 0 atom stereocenters. The molecule has 1 aromatic carbocycles. The second-order valence-electron chi connectivity index (χ2n) is 5.76. The minimum atomic E-state index is -4.56. The van der Waals surface area contributed by atoms with E-state index in [1.807, 2.05) is 6.07 Å². The molecule has 3 rings (SSSR count). The molecule has 0 aliphatic heterocycles. The zero-order valence-electron chi connectivity index (χ0n) is 13.9. The zero-order valence-corrected chi connectivity index (χ0v) is 17.1. The van der Waals surface area contributed by atoms with Crippen LogP contribution in [0.1, 0.15) is 17.8 Å². The Hall–Kier alpha value is -1.94. The summed E-state index contributed by atoms with van der Waals surface area (Å²) in [6, 6.07) is 7.17. The molecule has 0 saturated heterocycles. The minimum Gasteiger partial charge on any atom is -0.324 e. The van der Waals surface area contributed by atoms with Gasteiger partial charge in [0.1, 0.15) is 0 Å². The number of hydrogen-bond donors (Lipinski definition) is 1. The lowest BCUT2D eigenvalue weighted by molar-refractivity contribution is -0.142. The van der Waals surface area contributed by atoms with Crippen LogP contribution in [0.15, 0.2) is 39.4 Å². The quantitative estimate of drug-likeness (QED) is 0.522. The number of carbonyl (C=O) groups excluding carboxylic acids is 1. The molecule has 0 bridgehead atoms. The Morgan fingerprint density at radius 2 is 2.00 bits per heavy atom. The number of rotatable bonds is 4. The van der Waals surface area contributed by atoms with E-state index in [-0.39, 0.29) is 23.3 Å². The van der Waals surface area contributed by atoms with Crippen molar-refractivity contribution >= 4 is 54.4 Å². The van der Waals surface area contributed by atoms with E-state index in [4.69, 9.17) is 0 Å². The van der Waals surface area contributed by atoms with Crippen molar-refractivity contribution in [3.8, 4) is 0 Å². The van der Waals surface area contributed by atoms with Crippen molar-refractivity contribution in [1.29, 1.82) is 0 Å². The van der Waals surface area contributed by atoms with Crippen LogP contribution in [-0.2, 0) is 17.5 Å². The lowest BCUT2D eigenvalue weighted by atomic mass is 10.2. The van der Waals surface area contributed by atoms with E-state index in [0.29, 0.717) is 16.9 Å². The maximum absolute atomic E-state index is 12.9. The van der Waals surface area contributed by atoms with Gasteiger partial charge in [0.2, 0.25) is 5.91 Å². The molecule has 2 aromatic heterocycles. The van der Waals surface area contributed by atoms with E-state index >= 15 is 0 Å². The molecule has 10 heteroatoms. The number of hydrogen-bond acceptors (Lipinski definition) is 3. The predicted octanol–water partition coefficient (Wildman–Crippen LogP) is 5.31. The fraction of sp³-hybridized carbons (Fsp3) is 0.235. The van der Waals surface area contributed by atoms with Crippen molar-refractivity contribution in [2.75, 3.05) is 5.32 Å². The molecule has 27 heavy (non-hydrogen) atoms. The number of halogens is 5. The lowest BCUT2D eigenvalue weighted by Gasteiger charge is -2.10. The summed E-state index contributed by atoms with van der Waals surface area (Å²) in [7, 11) is 0. The molecule has 3 aromatic rings. The van der Waals surface area contributed by atoms with Gasteiger partial charge in [-0.2, -0.15) is 18.3 Å². The molecule has 1 N–H and O–H groups in total. The Labute approximate surface area is 169 Å². The molecular formula is C17H13Br2F3N4O. The number of fused-ring (bicyclic) bond motifs is 1. The third-order valence-corrected chi connectivity index (χ3v) is 5.58. The second kappa shape index (κ2) is 7.59. The lowest BCUT2D eigenvalue weighted by Crippen LogP contribution is -2.16. The van der Waals surface area contributed by atoms with Crippen molar-refractivity contribution in [2.45, 2.75) is 26.1 Å². The first kappa shape index (κ1) is 19.8. The van der Waals surface area contributed by atoms with Gasteiger partial charge in [-0.1, -0.05) is 22.0 Å². The van der Waals surface area contributed by atoms with Crippen LogP contribution in [-0.4, -0.2) is 20.7 Å². The highest BCUT2D eigenvalue weighted by Crippen LogP contribution is 2.35. The molecule has 0 unspecified atom stereocenters. The van der Waals surface area contributed by atoms with Gasteiger partial charge in [-0.3, -0.25) is 14.5 Å². The fourth-order valence-electron chi connectivity index (χ4n) is 2.58. The molecular weight excluding hydrogens is 493 g/mol. The molecule has 0 aliphatic carbocycles. The normalized spacial score (nSPS) is 11.8. The number of carbonyl (C=O) groups is 1. The van der Waals surface area contributed by atoms with Crippen molar-refractivity contribution in [3.63, 3.8) is 0 Å². The SMILES string of the molecule is Cc1c(Br)c(C(F)(F)F)nn1CCC(=O)Nc1ccc(Br)c2cccnc12. The number of nitrogens with zero attached hydrogens (tertiary/aromatic N) is 3. The maximum atomic E-state index is 12.9. The number of anilines is 1. The molecule has 0 saturated carbocycles. The van der Waals surface area contributed by atoms with Crippen LogP contribution >= 0.6 is 31.9 Å². The summed E-state index contributed by atoms with van der Waals surface area (Å²) in [5, 5.41) is 7.17. The average Bonchev–Trinajstić information content (AvgIpc) is 2.91. The number of aromatic nitrogens is 3. The molecule has 0 spiro atoms. The van der Waals surface area contributed by atoms with Crippen molar-refractivity contribution in [1.82, 2.24) is 14.8 Å². The summed E-state index contributed by atoms with van der Waals surface area (Å²) < 4.78 is 40.6. The van der Waals surface area contributed by atoms with Crippen molar-refractivity contribution in [2.24, 2.45) is 0 Å². The Kier molecular flexibility index (Phi) is 5.57. The van der Waals surface area contributed by atoms with Crippen molar-refractivity contribution < 1.29 is 18.0 Å². The topological polar surface area (TPSA) is 59.8 Å². The zero-order chi connectivity index (χ0) is 19.8. The van der Waals surface area contributed by atoms with Crippen LogP contribution in [0, 0.1) is 6.92 Å². The van der Waals surface area contributed by atoms with Crippen LogP contribution in [0.5, 0.6) is 0 Å². The monoisotopic (exact) mass is 504 g/mol. The second-order valence-corrected chi connectivity index (χ2v) is 7.41. The van der Waals surface area contributed by atoms with E-state index < -0.39 is 11.9 Å². The van der Waals surface area contributed by atoms with Gasteiger partial charge in [-0.15, -0.1) is 0 Å². The number of amides is 1. The van der Waals surface area contributed by atoms with Gasteiger partial charge >= 0.3 is 6.18 Å². The summed E-state index contributed by atoms with van der Waals surface area (Å²) >= 11 is 6.35. The van der Waals surface area contributed by atoms with E-state index in [0.717, 1.165) is 9.86 Å². The smallest absolute Gasteiger partial charge is 0.324 e. The van der Waals surface area contributed by atoms with E-state index in [9.17, 15) is 18.0 Å². The van der Waals surface area contributed by atoms with Gasteiger partial charge in [-0.25, -0.2) is 0 Å². The third kappa shape index (κ3) is 4.16. The molecule has 0 radical (unpaired) electrons. The van der Waals surface area contributed by atoms with Gasteiger partial charge in [-0.05, 0) is 41.1 Å². The first-order chi connectivity index (χ1) is 12.7. The molecule has 142 valence electrons. The molecule has 1 amide bonds. The Balaban J connectivity index is 1.74. The number of alkyl halides is 3. The van der Waals surface area contributed by atoms with Crippen molar-refractivity contribution in [3.05, 3.63) is 50.8 Å². The number of pyridine rings is 1. The highest BCUT2D eigenvalue weighted by molar-refractivity contribution is 9.11. The predicted molar refractivity (Wildman–Crippen MR) is 102 cm³/mol. The van der Waals surface area contributed by atoms with Gasteiger partial charge in [0, 0.05) is 22.5 Å². The maximum Gasteiger partial charge on any atom is 0.436 e. The largest absolute Gasteiger partial charge is 0.436 e. The Morgan fingerprint density at radius 3 is 2.67 bits per heavy atom. The average molecular weight is 506 g/mol. The fourth-order valence-corrected chi connectivity index (χ4v) is 3.54. The standard InChI is InChI=1S/C17H13Br2F3N4O/c1-9-14(19)16(17(20,21)22)25-26(9)8-6-13(27)24-12-5-4-11(18)10-3-2-7-23-15(10)12/h2-5,7H,6,8H2,1H3,(H,24,27). The van der Waals surface area contributed by atoms with Crippen LogP contribution in [0.3, 0.4) is 0 Å². The Bertz CT molecular complexity index is 1020. The number of nitrogens with one attached hydrogen (secondary N) is 1. The third-order valence-electron chi connectivity index (χ3n) is 3.94. The summed E-state index contributed by atoms with van der Waals surface area (Å²) in [6.45, 7) is 1.53.